The predicted molar refractivity (Wildman–Crippen MR) is 138 cm³/mol. The Morgan fingerprint density at radius 1 is 0.818 bits per heavy atom. The predicted octanol–water partition coefficient (Wildman–Crippen LogP) is 7.50. The highest BCUT2D eigenvalue weighted by atomic mass is 32.2. The molecule has 1 atom stereocenters. The van der Waals surface area contributed by atoms with Gasteiger partial charge in [0.25, 0.3) is 0 Å². The molecule has 4 aromatic carbocycles. The van der Waals surface area contributed by atoms with Crippen molar-refractivity contribution in [2.24, 2.45) is 5.73 Å². The van der Waals surface area contributed by atoms with Crippen LogP contribution in [0, 0.1) is 5.41 Å². The first kappa shape index (κ1) is 21.5. The van der Waals surface area contributed by atoms with E-state index in [-0.39, 0.29) is 10.8 Å². The zero-order valence-corrected chi connectivity index (χ0v) is 19.5. The number of rotatable bonds is 4. The number of ether oxygens (including phenoxy) is 1. The molecule has 5 rings (SSSR count). The van der Waals surface area contributed by atoms with Crippen molar-refractivity contribution in [3.05, 3.63) is 119 Å². The fourth-order valence-electron chi connectivity index (χ4n) is 4.53. The highest BCUT2D eigenvalue weighted by Gasteiger charge is 2.36. The minimum Gasteiger partial charge on any atom is -0.457 e. The largest absolute Gasteiger partial charge is 0.457 e. The second-order valence-electron chi connectivity index (χ2n) is 8.76. The maximum Gasteiger partial charge on any atom is 0.132 e. The molecule has 0 bridgehead atoms. The topological polar surface area (TPSA) is 59.1 Å². The smallest absolute Gasteiger partial charge is 0.132 e. The monoisotopic (exact) mass is 450 g/mol. The molecular weight excluding hydrogens is 424 g/mol. The Hall–Kier alpha value is -3.34. The fraction of sp³-hybridized carbons (Fsp3) is 0.138. The van der Waals surface area contributed by atoms with Crippen molar-refractivity contribution in [1.29, 1.82) is 5.41 Å². The number of benzene rings is 4. The lowest BCUT2D eigenvalue weighted by molar-refractivity contribution is 0.419. The highest BCUT2D eigenvalue weighted by molar-refractivity contribution is 8.14. The van der Waals surface area contributed by atoms with Gasteiger partial charge in [-0.2, -0.15) is 0 Å². The van der Waals surface area contributed by atoms with Gasteiger partial charge in [-0.15, -0.1) is 0 Å². The Labute approximate surface area is 199 Å². The van der Waals surface area contributed by atoms with Crippen LogP contribution in [0.2, 0.25) is 0 Å². The van der Waals surface area contributed by atoms with Gasteiger partial charge in [0.1, 0.15) is 11.5 Å². The van der Waals surface area contributed by atoms with Crippen LogP contribution in [0.5, 0.6) is 11.5 Å². The normalized spacial score (nSPS) is 14.5. The van der Waals surface area contributed by atoms with E-state index in [1.54, 1.807) is 0 Å². The quantitative estimate of drug-likeness (QED) is 0.192. The van der Waals surface area contributed by atoms with Crippen molar-refractivity contribution < 1.29 is 4.74 Å². The molecule has 0 radical (unpaired) electrons. The molecule has 3 nitrogen and oxygen atoms in total. The minimum absolute atomic E-state index is 0.190. The maximum atomic E-state index is 8.54. The summed E-state index contributed by atoms with van der Waals surface area (Å²) in [6.45, 7) is 4.50. The molecule has 0 amide bonds. The van der Waals surface area contributed by atoms with E-state index in [0.29, 0.717) is 5.04 Å². The molecule has 4 aromatic rings. The van der Waals surface area contributed by atoms with Gasteiger partial charge in [0, 0.05) is 22.1 Å². The van der Waals surface area contributed by atoms with Crippen LogP contribution in [-0.2, 0) is 5.41 Å². The second-order valence-corrected chi connectivity index (χ2v) is 9.91. The number of hydrogen-bond acceptors (Lipinski definition) is 4. The second kappa shape index (κ2) is 8.54. The SMILES string of the molecule is CC1(C)c2ccccc2Oc2cccc(-c3ccc(C(=N)SC(N)c4ccccc4)cc3)c21. The van der Waals surface area contributed by atoms with Gasteiger partial charge in [0.2, 0.25) is 0 Å². The summed E-state index contributed by atoms with van der Waals surface area (Å²) in [7, 11) is 0. The molecule has 1 aliphatic rings. The van der Waals surface area contributed by atoms with Gasteiger partial charge in [-0.3, -0.25) is 5.41 Å². The highest BCUT2D eigenvalue weighted by Crippen LogP contribution is 2.51. The molecule has 1 heterocycles. The third-order valence-corrected chi connectivity index (χ3v) is 7.26. The molecule has 0 aliphatic carbocycles. The zero-order chi connectivity index (χ0) is 23.0. The molecule has 0 aromatic heterocycles. The summed E-state index contributed by atoms with van der Waals surface area (Å²) in [5, 5.41) is 8.74. The Morgan fingerprint density at radius 3 is 2.24 bits per heavy atom. The van der Waals surface area contributed by atoms with E-state index in [1.807, 2.05) is 66.7 Å². The molecule has 0 saturated carbocycles. The molecule has 0 spiro atoms. The van der Waals surface area contributed by atoms with Crippen LogP contribution >= 0.6 is 11.8 Å². The number of fused-ring (bicyclic) bond motifs is 2. The minimum atomic E-state index is -0.266. The summed E-state index contributed by atoms with van der Waals surface area (Å²) in [6, 6.07) is 32.6. The number of para-hydroxylation sites is 1. The Morgan fingerprint density at radius 2 is 1.48 bits per heavy atom. The van der Waals surface area contributed by atoms with Crippen LogP contribution in [0.4, 0.5) is 0 Å². The molecule has 33 heavy (non-hydrogen) atoms. The molecule has 3 N–H and O–H groups in total. The molecule has 1 aliphatic heterocycles. The molecule has 1 unspecified atom stereocenters. The lowest BCUT2D eigenvalue weighted by Crippen LogP contribution is -2.25. The van der Waals surface area contributed by atoms with Gasteiger partial charge in [0.05, 0.1) is 10.4 Å². The number of nitrogens with one attached hydrogen (secondary N) is 1. The van der Waals surface area contributed by atoms with Gasteiger partial charge in [-0.25, -0.2) is 0 Å². The summed E-state index contributed by atoms with van der Waals surface area (Å²) in [5.74, 6) is 1.82. The lowest BCUT2D eigenvalue weighted by Gasteiger charge is -2.36. The summed E-state index contributed by atoms with van der Waals surface area (Å²) >= 11 is 1.36. The van der Waals surface area contributed by atoms with Gasteiger partial charge in [0.15, 0.2) is 0 Å². The van der Waals surface area contributed by atoms with Crippen molar-refractivity contribution in [1.82, 2.24) is 0 Å². The zero-order valence-electron chi connectivity index (χ0n) is 18.7. The van der Waals surface area contributed by atoms with E-state index >= 15 is 0 Å². The third-order valence-electron chi connectivity index (χ3n) is 6.26. The average Bonchev–Trinajstić information content (AvgIpc) is 2.84. The Bertz CT molecular complexity index is 1310. The molecule has 4 heteroatoms. The first-order valence-corrected chi connectivity index (χ1v) is 11.9. The van der Waals surface area contributed by atoms with Crippen LogP contribution in [0.15, 0.2) is 97.1 Å². The van der Waals surface area contributed by atoms with E-state index in [4.69, 9.17) is 15.9 Å². The maximum absolute atomic E-state index is 8.54. The van der Waals surface area contributed by atoms with Crippen molar-refractivity contribution >= 4 is 16.8 Å². The van der Waals surface area contributed by atoms with Crippen molar-refractivity contribution in [3.8, 4) is 22.6 Å². The molecule has 0 saturated heterocycles. The van der Waals surface area contributed by atoms with Gasteiger partial charge in [-0.05, 0) is 28.8 Å². The fourth-order valence-corrected chi connectivity index (χ4v) is 5.35. The van der Waals surface area contributed by atoms with Crippen molar-refractivity contribution in [3.63, 3.8) is 0 Å². The van der Waals surface area contributed by atoms with E-state index < -0.39 is 0 Å². The number of hydrogen-bond donors (Lipinski definition) is 2. The van der Waals surface area contributed by atoms with Crippen molar-refractivity contribution in [2.45, 2.75) is 24.6 Å². The van der Waals surface area contributed by atoms with E-state index in [2.05, 4.69) is 44.2 Å². The van der Waals surface area contributed by atoms with Gasteiger partial charge >= 0.3 is 0 Å². The molecule has 164 valence electrons. The number of nitrogens with two attached hydrogens (primary N) is 1. The van der Waals surface area contributed by atoms with E-state index in [9.17, 15) is 0 Å². The molecule has 0 fully saturated rings. The van der Waals surface area contributed by atoms with Crippen LogP contribution < -0.4 is 10.5 Å². The standard InChI is InChI=1S/C29H26N2OS/c1-29(2)23-12-6-7-13-24(23)32-25-14-8-11-22(26(25)29)19-15-17-21(18-16-19)28(31)33-27(30)20-9-4-3-5-10-20/h3-18,27,31H,30H2,1-2H3. The van der Waals surface area contributed by atoms with Crippen LogP contribution in [0.3, 0.4) is 0 Å². The Kier molecular flexibility index (Phi) is 5.57. The van der Waals surface area contributed by atoms with E-state index in [1.165, 1.54) is 22.9 Å². The lowest BCUT2D eigenvalue weighted by atomic mass is 9.73. The average molecular weight is 451 g/mol. The molecular formula is C29H26N2OS. The summed E-state index contributed by atoms with van der Waals surface area (Å²) in [4.78, 5) is 0. The van der Waals surface area contributed by atoms with Crippen LogP contribution in [-0.4, -0.2) is 5.04 Å². The summed E-state index contributed by atoms with van der Waals surface area (Å²) in [6.07, 6.45) is 0. The first-order chi connectivity index (χ1) is 15.9. The number of thioether (sulfide) groups is 1. The van der Waals surface area contributed by atoms with Crippen LogP contribution in [0.1, 0.15) is 41.5 Å². The van der Waals surface area contributed by atoms with Crippen LogP contribution in [0.25, 0.3) is 11.1 Å². The first-order valence-electron chi connectivity index (χ1n) is 11.0. The van der Waals surface area contributed by atoms with Gasteiger partial charge < -0.3 is 10.5 Å². The van der Waals surface area contributed by atoms with E-state index in [0.717, 1.165) is 33.8 Å². The third kappa shape index (κ3) is 3.97. The summed E-state index contributed by atoms with van der Waals surface area (Å²) in [5.41, 5.74) is 12.6. The van der Waals surface area contributed by atoms with Crippen molar-refractivity contribution in [2.75, 3.05) is 0 Å². The van der Waals surface area contributed by atoms with Gasteiger partial charge in [-0.1, -0.05) is 111 Å². The Balaban J connectivity index is 1.44. The summed E-state index contributed by atoms with van der Waals surface area (Å²) < 4.78 is 6.27.